The third-order valence-corrected chi connectivity index (χ3v) is 4.67. The Hall–Kier alpha value is -0.860. The molecular formula is C14H21BrN4. The minimum Gasteiger partial charge on any atom is -0.296 e. The second kappa shape index (κ2) is 6.53. The van der Waals surface area contributed by atoms with E-state index in [1.807, 2.05) is 0 Å². The summed E-state index contributed by atoms with van der Waals surface area (Å²) in [6, 6.07) is 2.40. The summed E-state index contributed by atoms with van der Waals surface area (Å²) in [5, 5.41) is 13.7. The van der Waals surface area contributed by atoms with Gasteiger partial charge in [0.05, 0.1) is 27.8 Å². The molecule has 0 N–H and O–H groups in total. The molecular weight excluding hydrogens is 304 g/mol. The summed E-state index contributed by atoms with van der Waals surface area (Å²) >= 11 is 3.69. The van der Waals surface area contributed by atoms with Gasteiger partial charge < -0.3 is 0 Å². The highest BCUT2D eigenvalue weighted by atomic mass is 79.9. The van der Waals surface area contributed by atoms with Crippen molar-refractivity contribution in [3.05, 3.63) is 15.9 Å². The molecule has 1 aliphatic heterocycles. The summed E-state index contributed by atoms with van der Waals surface area (Å²) in [5.41, 5.74) is 2.38. The number of rotatable bonds is 4. The number of likely N-dealkylation sites (tertiary alicyclic amines) is 1. The van der Waals surface area contributed by atoms with E-state index in [0.717, 1.165) is 55.6 Å². The SMILES string of the molecule is CCc1nn(CC)c(CN2CCCC(C#N)C2)c1Br. The molecule has 2 rings (SSSR count). The summed E-state index contributed by atoms with van der Waals surface area (Å²) in [6.45, 7) is 8.00. The van der Waals surface area contributed by atoms with E-state index >= 15 is 0 Å². The van der Waals surface area contributed by atoms with Crippen LogP contribution in [-0.4, -0.2) is 27.8 Å². The summed E-state index contributed by atoms with van der Waals surface area (Å²) in [4.78, 5) is 2.38. The Morgan fingerprint density at radius 1 is 1.47 bits per heavy atom. The van der Waals surface area contributed by atoms with Gasteiger partial charge in [-0.05, 0) is 48.7 Å². The lowest BCUT2D eigenvalue weighted by Gasteiger charge is -2.29. The van der Waals surface area contributed by atoms with Crippen LogP contribution in [0.2, 0.25) is 0 Å². The summed E-state index contributed by atoms with van der Waals surface area (Å²) in [5.74, 6) is 0.191. The number of aromatic nitrogens is 2. The molecule has 1 aromatic rings. The predicted octanol–water partition coefficient (Wildman–Crippen LogP) is 2.96. The molecule has 0 spiro atoms. The zero-order valence-corrected chi connectivity index (χ0v) is 13.3. The van der Waals surface area contributed by atoms with Crippen molar-refractivity contribution >= 4 is 15.9 Å². The number of aryl methyl sites for hydroxylation is 2. The first-order valence-corrected chi connectivity index (χ1v) is 7.84. The summed E-state index contributed by atoms with van der Waals surface area (Å²) in [7, 11) is 0. The molecule has 1 aliphatic rings. The summed E-state index contributed by atoms with van der Waals surface area (Å²) < 4.78 is 3.23. The highest BCUT2D eigenvalue weighted by Gasteiger charge is 2.22. The lowest BCUT2D eigenvalue weighted by Crippen LogP contribution is -2.35. The molecule has 0 aliphatic carbocycles. The van der Waals surface area contributed by atoms with Crippen molar-refractivity contribution < 1.29 is 0 Å². The van der Waals surface area contributed by atoms with Crippen LogP contribution in [0.5, 0.6) is 0 Å². The Kier molecular flexibility index (Phi) is 5.00. The van der Waals surface area contributed by atoms with Gasteiger partial charge in [-0.2, -0.15) is 10.4 Å². The minimum atomic E-state index is 0.191. The van der Waals surface area contributed by atoms with Crippen molar-refractivity contribution in [2.45, 2.75) is 46.2 Å². The van der Waals surface area contributed by atoms with Crippen molar-refractivity contribution in [3.8, 4) is 6.07 Å². The van der Waals surface area contributed by atoms with Crippen molar-refractivity contribution in [1.29, 1.82) is 5.26 Å². The first-order valence-electron chi connectivity index (χ1n) is 7.05. The number of hydrogen-bond acceptors (Lipinski definition) is 3. The van der Waals surface area contributed by atoms with Gasteiger partial charge in [-0.15, -0.1) is 0 Å². The Morgan fingerprint density at radius 3 is 2.89 bits per heavy atom. The van der Waals surface area contributed by atoms with Gasteiger partial charge >= 0.3 is 0 Å². The molecule has 2 heterocycles. The van der Waals surface area contributed by atoms with Crippen LogP contribution in [0.3, 0.4) is 0 Å². The first kappa shape index (κ1) is 14.5. The summed E-state index contributed by atoms with van der Waals surface area (Å²) in [6.07, 6.45) is 3.11. The van der Waals surface area contributed by atoms with Crippen LogP contribution in [0, 0.1) is 17.2 Å². The molecule has 0 saturated carbocycles. The standard InChI is InChI=1S/C14H21BrN4/c1-3-12-14(15)13(19(4-2)17-12)10-18-7-5-6-11(8-16)9-18/h11H,3-7,9-10H2,1-2H3. The third kappa shape index (κ3) is 3.18. The van der Waals surface area contributed by atoms with Crippen LogP contribution in [0.25, 0.3) is 0 Å². The molecule has 104 valence electrons. The van der Waals surface area contributed by atoms with Gasteiger partial charge in [-0.1, -0.05) is 6.92 Å². The molecule has 1 fully saturated rings. The highest BCUT2D eigenvalue weighted by Crippen LogP contribution is 2.25. The van der Waals surface area contributed by atoms with E-state index in [2.05, 4.69) is 50.5 Å². The van der Waals surface area contributed by atoms with Gasteiger partial charge in [0.25, 0.3) is 0 Å². The van der Waals surface area contributed by atoms with E-state index in [1.165, 1.54) is 5.69 Å². The molecule has 0 aromatic carbocycles. The monoisotopic (exact) mass is 324 g/mol. The Morgan fingerprint density at radius 2 is 2.26 bits per heavy atom. The van der Waals surface area contributed by atoms with Crippen LogP contribution < -0.4 is 0 Å². The first-order chi connectivity index (χ1) is 9.19. The Labute approximate surface area is 123 Å². The predicted molar refractivity (Wildman–Crippen MR) is 78.6 cm³/mol. The van der Waals surface area contributed by atoms with E-state index < -0.39 is 0 Å². The smallest absolute Gasteiger partial charge is 0.0767 e. The number of piperidine rings is 1. The quantitative estimate of drug-likeness (QED) is 0.855. The van der Waals surface area contributed by atoms with E-state index in [4.69, 9.17) is 5.26 Å². The number of halogens is 1. The van der Waals surface area contributed by atoms with Crippen molar-refractivity contribution in [2.24, 2.45) is 5.92 Å². The van der Waals surface area contributed by atoms with Crippen LogP contribution in [0.15, 0.2) is 4.47 Å². The largest absolute Gasteiger partial charge is 0.296 e. The molecule has 1 saturated heterocycles. The number of hydrogen-bond donors (Lipinski definition) is 0. The Balaban J connectivity index is 2.14. The van der Waals surface area contributed by atoms with Gasteiger partial charge in [0.15, 0.2) is 0 Å². The molecule has 1 atom stereocenters. The fraction of sp³-hybridized carbons (Fsp3) is 0.714. The van der Waals surface area contributed by atoms with Gasteiger partial charge in [-0.25, -0.2) is 0 Å². The molecule has 1 unspecified atom stereocenters. The topological polar surface area (TPSA) is 44.9 Å². The molecule has 4 nitrogen and oxygen atoms in total. The fourth-order valence-corrected chi connectivity index (χ4v) is 3.37. The van der Waals surface area contributed by atoms with Crippen molar-refractivity contribution in [2.75, 3.05) is 13.1 Å². The lowest BCUT2D eigenvalue weighted by molar-refractivity contribution is 0.187. The van der Waals surface area contributed by atoms with E-state index in [1.54, 1.807) is 0 Å². The van der Waals surface area contributed by atoms with Gasteiger partial charge in [0, 0.05) is 19.6 Å². The van der Waals surface area contributed by atoms with Crippen LogP contribution in [-0.2, 0) is 19.5 Å². The van der Waals surface area contributed by atoms with E-state index in [0.29, 0.717) is 0 Å². The maximum atomic E-state index is 9.07. The van der Waals surface area contributed by atoms with Gasteiger partial charge in [0.1, 0.15) is 0 Å². The maximum Gasteiger partial charge on any atom is 0.0767 e. The second-order valence-corrected chi connectivity index (χ2v) is 5.87. The van der Waals surface area contributed by atoms with Crippen molar-refractivity contribution in [3.63, 3.8) is 0 Å². The second-order valence-electron chi connectivity index (χ2n) is 5.08. The Bertz CT molecular complexity index is 475. The van der Waals surface area contributed by atoms with E-state index in [9.17, 15) is 0 Å². The van der Waals surface area contributed by atoms with Gasteiger partial charge in [-0.3, -0.25) is 9.58 Å². The molecule has 0 bridgehead atoms. The average molecular weight is 325 g/mol. The minimum absolute atomic E-state index is 0.191. The lowest BCUT2D eigenvalue weighted by atomic mass is 9.99. The molecule has 19 heavy (non-hydrogen) atoms. The molecule has 0 amide bonds. The van der Waals surface area contributed by atoms with Gasteiger partial charge in [0.2, 0.25) is 0 Å². The van der Waals surface area contributed by atoms with Crippen LogP contribution >= 0.6 is 15.9 Å². The maximum absolute atomic E-state index is 9.07. The molecule has 1 aromatic heterocycles. The highest BCUT2D eigenvalue weighted by molar-refractivity contribution is 9.10. The zero-order valence-electron chi connectivity index (χ0n) is 11.7. The fourth-order valence-electron chi connectivity index (χ4n) is 2.68. The van der Waals surface area contributed by atoms with Crippen LogP contribution in [0.4, 0.5) is 0 Å². The third-order valence-electron chi connectivity index (χ3n) is 3.76. The zero-order chi connectivity index (χ0) is 13.8. The number of nitrogens with zero attached hydrogens (tertiary/aromatic N) is 4. The van der Waals surface area contributed by atoms with Crippen molar-refractivity contribution in [1.82, 2.24) is 14.7 Å². The normalized spacial score (nSPS) is 20.4. The average Bonchev–Trinajstić information content (AvgIpc) is 2.75. The molecule has 5 heteroatoms. The van der Waals surface area contributed by atoms with E-state index in [-0.39, 0.29) is 5.92 Å². The van der Waals surface area contributed by atoms with Crippen LogP contribution in [0.1, 0.15) is 38.1 Å². The molecule has 0 radical (unpaired) electrons. The number of nitriles is 1.